The van der Waals surface area contributed by atoms with Crippen molar-refractivity contribution >= 4 is 20.1 Å². The zero-order valence-corrected chi connectivity index (χ0v) is 16.2. The average molecular weight is 378 g/mol. The quantitative estimate of drug-likeness (QED) is 0.718. The molecule has 0 aromatic heterocycles. The van der Waals surface area contributed by atoms with E-state index in [2.05, 4.69) is 8.91 Å². The largest absolute Gasteiger partial charge is 0.296 e. The van der Waals surface area contributed by atoms with Gasteiger partial charge < -0.3 is 0 Å². The molecule has 0 radical (unpaired) electrons. The Bertz CT molecular complexity index is 730. The maximum atomic E-state index is 12.3. The van der Waals surface area contributed by atoms with Gasteiger partial charge in [-0.2, -0.15) is 8.42 Å². The van der Waals surface area contributed by atoms with Crippen molar-refractivity contribution in [3.8, 4) is 0 Å². The van der Waals surface area contributed by atoms with E-state index in [0.717, 1.165) is 39.2 Å². The van der Waals surface area contributed by atoms with Crippen LogP contribution in [0.25, 0.3) is 0 Å². The summed E-state index contributed by atoms with van der Waals surface area (Å²) < 4.78 is 55.7. The lowest BCUT2D eigenvalue weighted by molar-refractivity contribution is 0.124. The first-order valence-electron chi connectivity index (χ1n) is 8.31. The van der Waals surface area contributed by atoms with Gasteiger partial charge in [-0.15, -0.1) is 0 Å². The molecule has 24 heavy (non-hydrogen) atoms. The predicted molar refractivity (Wildman–Crippen MR) is 94.3 cm³/mol. The van der Waals surface area contributed by atoms with Crippen LogP contribution in [0.3, 0.4) is 0 Å². The number of nitrogens with one attached hydrogen (secondary N) is 1. The van der Waals surface area contributed by atoms with Gasteiger partial charge in [0.2, 0.25) is 10.0 Å². The molecule has 0 aromatic carbocycles. The zero-order chi connectivity index (χ0) is 18.1. The first-order valence-corrected chi connectivity index (χ1v) is 11.4. The van der Waals surface area contributed by atoms with Crippen molar-refractivity contribution < 1.29 is 21.0 Å². The first-order chi connectivity index (χ1) is 11.1. The van der Waals surface area contributed by atoms with Crippen molar-refractivity contribution in [2.75, 3.05) is 12.9 Å². The second-order valence-corrected chi connectivity index (χ2v) is 10.6. The topological polar surface area (TPSA) is 89.5 Å². The van der Waals surface area contributed by atoms with Crippen LogP contribution in [-0.4, -0.2) is 35.2 Å². The number of allylic oxidation sites excluding steroid dienone is 2. The van der Waals surface area contributed by atoms with E-state index in [4.69, 9.17) is 0 Å². The first kappa shape index (κ1) is 19.6. The number of rotatable bonds is 6. The van der Waals surface area contributed by atoms with Crippen molar-refractivity contribution in [2.45, 2.75) is 57.9 Å². The molecular weight excluding hydrogens is 350 g/mol. The summed E-state index contributed by atoms with van der Waals surface area (Å²) in [6.45, 7) is 3.63. The van der Waals surface area contributed by atoms with Crippen molar-refractivity contribution in [3.05, 3.63) is 23.1 Å². The molecule has 0 spiro atoms. The van der Waals surface area contributed by atoms with Crippen molar-refractivity contribution in [1.29, 1.82) is 0 Å². The number of hydrogen-bond acceptors (Lipinski definition) is 5. The summed E-state index contributed by atoms with van der Waals surface area (Å²) in [5.74, 6) is 0.0354. The van der Waals surface area contributed by atoms with Gasteiger partial charge in [0.15, 0.2) is 0 Å². The highest BCUT2D eigenvalue weighted by atomic mass is 32.2. The Balaban J connectivity index is 2.37. The summed E-state index contributed by atoms with van der Waals surface area (Å²) in [6.07, 6.45) is 9.99. The van der Waals surface area contributed by atoms with Crippen LogP contribution in [0.2, 0.25) is 0 Å². The molecule has 2 aliphatic rings. The molecule has 6 nitrogen and oxygen atoms in total. The van der Waals surface area contributed by atoms with E-state index in [-0.39, 0.29) is 10.7 Å². The third-order valence-electron chi connectivity index (χ3n) is 5.38. The fourth-order valence-corrected chi connectivity index (χ4v) is 5.56. The van der Waals surface area contributed by atoms with Gasteiger partial charge in [-0.1, -0.05) is 38.3 Å². The van der Waals surface area contributed by atoms with E-state index in [0.29, 0.717) is 6.42 Å². The van der Waals surface area contributed by atoms with E-state index < -0.39 is 31.1 Å². The molecule has 138 valence electrons. The Morgan fingerprint density at radius 3 is 2.25 bits per heavy atom. The molecule has 1 saturated carbocycles. The van der Waals surface area contributed by atoms with E-state index in [1.807, 2.05) is 13.0 Å². The highest BCUT2D eigenvalue weighted by Crippen LogP contribution is 2.48. The summed E-state index contributed by atoms with van der Waals surface area (Å²) in [5.41, 5.74) is -1.04. The lowest BCUT2D eigenvalue weighted by Gasteiger charge is -2.50. The zero-order valence-electron chi connectivity index (χ0n) is 14.5. The van der Waals surface area contributed by atoms with Crippen molar-refractivity contribution in [3.63, 3.8) is 0 Å². The van der Waals surface area contributed by atoms with E-state index >= 15 is 0 Å². The Labute approximate surface area is 145 Å². The highest BCUT2D eigenvalue weighted by Gasteiger charge is 2.49. The highest BCUT2D eigenvalue weighted by molar-refractivity contribution is 7.91. The van der Waals surface area contributed by atoms with Gasteiger partial charge in [0, 0.05) is 11.0 Å². The molecule has 1 atom stereocenters. The number of sulfonamides is 1. The van der Waals surface area contributed by atoms with Gasteiger partial charge in [0.25, 0.3) is 10.1 Å². The molecule has 0 aromatic rings. The van der Waals surface area contributed by atoms with Gasteiger partial charge in [0.1, 0.15) is 0 Å². The Hall–Kier alpha value is -0.700. The van der Waals surface area contributed by atoms with Crippen LogP contribution in [0.15, 0.2) is 23.1 Å². The predicted octanol–water partition coefficient (Wildman–Crippen LogP) is 2.45. The SMILES string of the molecule is CCS(=O)(=O)NC1([C@@]2(C)C=CC(S(=O)(=O)OC)=CC2)CCCCC1. The molecule has 0 saturated heterocycles. The van der Waals surface area contributed by atoms with Gasteiger partial charge >= 0.3 is 0 Å². The maximum absolute atomic E-state index is 12.3. The molecule has 0 bridgehead atoms. The molecule has 2 aliphatic carbocycles. The molecule has 0 unspecified atom stereocenters. The lowest BCUT2D eigenvalue weighted by Crippen LogP contribution is -2.59. The molecule has 0 heterocycles. The van der Waals surface area contributed by atoms with Crippen LogP contribution < -0.4 is 4.72 Å². The molecule has 0 amide bonds. The van der Waals surface area contributed by atoms with Crippen molar-refractivity contribution in [1.82, 2.24) is 4.72 Å². The van der Waals surface area contributed by atoms with Crippen LogP contribution in [-0.2, 0) is 24.3 Å². The molecule has 2 rings (SSSR count). The fraction of sp³-hybridized carbons (Fsp3) is 0.750. The maximum Gasteiger partial charge on any atom is 0.296 e. The summed E-state index contributed by atoms with van der Waals surface area (Å²) in [5, 5.41) is 0. The van der Waals surface area contributed by atoms with Gasteiger partial charge in [-0.25, -0.2) is 13.1 Å². The molecule has 0 aliphatic heterocycles. The lowest BCUT2D eigenvalue weighted by atomic mass is 9.61. The molecule has 1 fully saturated rings. The second-order valence-electron chi connectivity index (χ2n) is 6.83. The minimum Gasteiger partial charge on any atom is -0.270 e. The minimum absolute atomic E-state index is 0.0354. The molecular formula is C16H27NO5S2. The Morgan fingerprint density at radius 2 is 1.79 bits per heavy atom. The Kier molecular flexibility index (Phi) is 5.64. The standard InChI is InChI=1S/C16H27NO5S2/c1-4-23(18,19)17-16(10-6-5-7-11-16)15(2)12-8-14(9-13-15)24(20,21)22-3/h8-9,12,17H,4-7,10-11,13H2,1-3H3/t15-/m0/s1. The average Bonchev–Trinajstić information content (AvgIpc) is 2.55. The van der Waals surface area contributed by atoms with Crippen LogP contribution in [0, 0.1) is 5.41 Å². The second kappa shape index (κ2) is 6.90. The van der Waals surface area contributed by atoms with Gasteiger partial charge in [-0.05, 0) is 32.3 Å². The summed E-state index contributed by atoms with van der Waals surface area (Å²) in [7, 11) is -5.95. The van der Waals surface area contributed by atoms with E-state index in [1.165, 1.54) is 0 Å². The smallest absolute Gasteiger partial charge is 0.270 e. The number of hydrogen-bond donors (Lipinski definition) is 1. The third-order valence-corrected chi connectivity index (χ3v) is 8.16. The molecule has 8 heteroatoms. The van der Waals surface area contributed by atoms with Gasteiger partial charge in [-0.3, -0.25) is 4.18 Å². The van der Waals surface area contributed by atoms with Gasteiger partial charge in [0.05, 0.1) is 17.8 Å². The van der Waals surface area contributed by atoms with Crippen LogP contribution in [0.1, 0.15) is 52.4 Å². The molecule has 1 N–H and O–H groups in total. The third kappa shape index (κ3) is 3.76. The van der Waals surface area contributed by atoms with Crippen molar-refractivity contribution in [2.24, 2.45) is 5.41 Å². The van der Waals surface area contributed by atoms with Crippen LogP contribution >= 0.6 is 0 Å². The van der Waals surface area contributed by atoms with E-state index in [9.17, 15) is 16.8 Å². The van der Waals surface area contributed by atoms with E-state index in [1.54, 1.807) is 19.1 Å². The van der Waals surface area contributed by atoms with Crippen LogP contribution in [0.4, 0.5) is 0 Å². The normalized spacial score (nSPS) is 27.7. The monoisotopic (exact) mass is 377 g/mol. The fourth-order valence-electron chi connectivity index (χ4n) is 3.67. The summed E-state index contributed by atoms with van der Waals surface area (Å²) >= 11 is 0. The summed E-state index contributed by atoms with van der Waals surface area (Å²) in [6, 6.07) is 0. The minimum atomic E-state index is -3.73. The van der Waals surface area contributed by atoms with Crippen LogP contribution in [0.5, 0.6) is 0 Å². The summed E-state index contributed by atoms with van der Waals surface area (Å²) in [4.78, 5) is 0.131. The Morgan fingerprint density at radius 1 is 1.17 bits per heavy atom.